The zero-order valence-electron chi connectivity index (χ0n) is 19.3. The minimum absolute atomic E-state index is 0.143. The highest BCUT2D eigenvalue weighted by molar-refractivity contribution is 5.88. The Bertz CT molecular complexity index is 819. The van der Waals surface area contributed by atoms with Crippen molar-refractivity contribution >= 4 is 5.97 Å². The van der Waals surface area contributed by atoms with Gasteiger partial charge in [0.2, 0.25) is 0 Å². The molecule has 0 aliphatic rings. The number of allylic oxidation sites excluding steroid dienone is 8. The standard InChI is InChI=1S/C27H38O3/c1-20(2)9-6-10-21(3)11-7-12-22(4)13-8-14-23(5)15-16-24-19-25(27(29)30)17-18-26(24)28/h9,11,13,15,17-19,28H,6-8,10,12,14,16H2,1-5H3,(H,29,30)/b21-11+,22-13+,23-15+/i16+1. The summed E-state index contributed by atoms with van der Waals surface area (Å²) in [6, 6.07) is 4.41. The molecule has 2 N–H and O–H groups in total. The van der Waals surface area contributed by atoms with Crippen LogP contribution in [0.5, 0.6) is 5.75 Å². The molecule has 0 bridgehead atoms. The maximum atomic E-state index is 11.1. The molecule has 0 aliphatic heterocycles. The van der Waals surface area contributed by atoms with E-state index < -0.39 is 5.97 Å². The molecule has 1 aromatic carbocycles. The van der Waals surface area contributed by atoms with Gasteiger partial charge >= 0.3 is 5.97 Å². The lowest BCUT2D eigenvalue weighted by molar-refractivity contribution is 0.0696. The Labute approximate surface area is 182 Å². The van der Waals surface area contributed by atoms with E-state index in [1.165, 1.54) is 34.4 Å². The van der Waals surface area contributed by atoms with Gasteiger partial charge in [0.25, 0.3) is 0 Å². The molecule has 0 fully saturated rings. The fourth-order valence-corrected chi connectivity index (χ4v) is 3.15. The van der Waals surface area contributed by atoms with Gasteiger partial charge in [0.1, 0.15) is 5.75 Å². The van der Waals surface area contributed by atoms with Gasteiger partial charge in [-0.2, -0.15) is 0 Å². The molecule has 164 valence electrons. The molecule has 0 heterocycles. The lowest BCUT2D eigenvalue weighted by Gasteiger charge is -2.05. The average Bonchev–Trinajstić information content (AvgIpc) is 2.66. The molecule has 3 heteroatoms. The predicted molar refractivity (Wildman–Crippen MR) is 127 cm³/mol. The molecule has 0 radical (unpaired) electrons. The number of aromatic hydroxyl groups is 1. The average molecular weight is 412 g/mol. The molecule has 3 nitrogen and oxygen atoms in total. The SMILES string of the molecule is CC(C)=CCC/C(C)=C/CC/C(C)=C/CC/C(C)=C/[13CH2]c1cc(C(=O)O)ccc1O. The first kappa shape index (κ1) is 25.5. The van der Waals surface area contributed by atoms with Crippen molar-refractivity contribution in [3.05, 3.63) is 75.9 Å². The summed E-state index contributed by atoms with van der Waals surface area (Å²) in [6.07, 6.45) is 16.0. The number of carboxylic acid groups (broad SMARTS) is 1. The Kier molecular flexibility index (Phi) is 11.6. The number of carboxylic acids is 1. The van der Waals surface area contributed by atoms with Crippen molar-refractivity contribution in [3.63, 3.8) is 0 Å². The van der Waals surface area contributed by atoms with Crippen LogP contribution in [-0.2, 0) is 6.42 Å². The van der Waals surface area contributed by atoms with Gasteiger partial charge < -0.3 is 10.2 Å². The van der Waals surface area contributed by atoms with E-state index in [2.05, 4.69) is 58.9 Å². The van der Waals surface area contributed by atoms with Crippen molar-refractivity contribution in [2.45, 2.75) is 79.6 Å². The second kappa shape index (κ2) is 13.6. The van der Waals surface area contributed by atoms with E-state index in [1.807, 2.05) is 0 Å². The number of carbonyl (C=O) groups is 1. The van der Waals surface area contributed by atoms with E-state index in [9.17, 15) is 9.90 Å². The molecule has 0 saturated heterocycles. The number of phenolic OH excluding ortho intramolecular Hbond substituents is 1. The summed E-state index contributed by atoms with van der Waals surface area (Å²) in [7, 11) is 0. The van der Waals surface area contributed by atoms with Crippen molar-refractivity contribution in [3.8, 4) is 5.75 Å². The van der Waals surface area contributed by atoms with Crippen molar-refractivity contribution in [2.24, 2.45) is 0 Å². The van der Waals surface area contributed by atoms with Gasteiger partial charge in [-0.3, -0.25) is 0 Å². The third kappa shape index (κ3) is 10.8. The van der Waals surface area contributed by atoms with Crippen LogP contribution in [0.1, 0.15) is 89.1 Å². The van der Waals surface area contributed by atoms with Crippen molar-refractivity contribution in [1.82, 2.24) is 0 Å². The smallest absolute Gasteiger partial charge is 0.335 e. The van der Waals surface area contributed by atoms with Crippen LogP contribution >= 0.6 is 0 Å². The molecule has 0 unspecified atom stereocenters. The van der Waals surface area contributed by atoms with E-state index >= 15 is 0 Å². The number of hydrogen-bond donors (Lipinski definition) is 2. The minimum Gasteiger partial charge on any atom is -0.508 e. The summed E-state index contributed by atoms with van der Waals surface area (Å²) in [6.45, 7) is 10.8. The van der Waals surface area contributed by atoms with E-state index in [1.54, 1.807) is 6.07 Å². The third-order valence-corrected chi connectivity index (χ3v) is 5.15. The highest BCUT2D eigenvalue weighted by atomic mass is 16.4. The lowest BCUT2D eigenvalue weighted by Crippen LogP contribution is -1.97. The molecular formula is C27H38O3. The second-order valence-electron chi connectivity index (χ2n) is 8.40. The summed E-state index contributed by atoms with van der Waals surface area (Å²) in [5.74, 6) is -0.834. The second-order valence-corrected chi connectivity index (χ2v) is 8.40. The minimum atomic E-state index is -0.976. The first-order valence-electron chi connectivity index (χ1n) is 10.8. The van der Waals surface area contributed by atoms with E-state index in [4.69, 9.17) is 5.11 Å². The monoisotopic (exact) mass is 411 g/mol. The zero-order valence-corrected chi connectivity index (χ0v) is 19.3. The molecule has 0 amide bonds. The fraction of sp³-hybridized carbons (Fsp3) is 0.444. The largest absolute Gasteiger partial charge is 0.508 e. The van der Waals surface area contributed by atoms with E-state index in [0.717, 1.165) is 38.5 Å². The van der Waals surface area contributed by atoms with Crippen LogP contribution in [0.15, 0.2) is 64.8 Å². The third-order valence-electron chi connectivity index (χ3n) is 5.15. The van der Waals surface area contributed by atoms with Gasteiger partial charge in [-0.1, -0.05) is 46.6 Å². The van der Waals surface area contributed by atoms with Crippen LogP contribution in [0.25, 0.3) is 0 Å². The number of benzene rings is 1. The summed E-state index contributed by atoms with van der Waals surface area (Å²) in [5, 5.41) is 19.0. The Morgan fingerprint density at radius 2 is 1.30 bits per heavy atom. The van der Waals surface area contributed by atoms with Crippen LogP contribution in [0.2, 0.25) is 0 Å². The Morgan fingerprint density at radius 3 is 1.80 bits per heavy atom. The zero-order chi connectivity index (χ0) is 22.5. The Hall–Kier alpha value is -2.55. The maximum absolute atomic E-state index is 11.1. The quantitative estimate of drug-likeness (QED) is 0.273. The first-order chi connectivity index (χ1) is 14.2. The molecule has 0 aliphatic carbocycles. The van der Waals surface area contributed by atoms with E-state index in [0.29, 0.717) is 12.0 Å². The normalized spacial score (nSPS) is 12.8. The van der Waals surface area contributed by atoms with Crippen molar-refractivity contribution in [2.75, 3.05) is 0 Å². The van der Waals surface area contributed by atoms with Crippen molar-refractivity contribution < 1.29 is 15.0 Å². The predicted octanol–water partition coefficient (Wildman–Crippen LogP) is 7.78. The van der Waals surface area contributed by atoms with Crippen LogP contribution in [0.4, 0.5) is 0 Å². The van der Waals surface area contributed by atoms with Crippen LogP contribution in [0.3, 0.4) is 0 Å². The molecule has 0 aromatic heterocycles. The fourth-order valence-electron chi connectivity index (χ4n) is 3.15. The highest BCUT2D eigenvalue weighted by Gasteiger charge is 2.07. The van der Waals surface area contributed by atoms with Gasteiger partial charge in [0, 0.05) is 0 Å². The number of rotatable bonds is 12. The maximum Gasteiger partial charge on any atom is 0.335 e. The van der Waals surface area contributed by atoms with E-state index in [-0.39, 0.29) is 11.3 Å². The Morgan fingerprint density at radius 1 is 0.800 bits per heavy atom. The Balaban J connectivity index is 2.42. The van der Waals surface area contributed by atoms with Gasteiger partial charge in [0.05, 0.1) is 5.56 Å². The summed E-state index contributed by atoms with van der Waals surface area (Å²) in [4.78, 5) is 11.1. The van der Waals surface area contributed by atoms with Crippen LogP contribution in [0, 0.1) is 0 Å². The van der Waals surface area contributed by atoms with Crippen LogP contribution < -0.4 is 0 Å². The molecule has 0 atom stereocenters. The van der Waals surface area contributed by atoms with Crippen LogP contribution in [-0.4, -0.2) is 16.2 Å². The summed E-state index contributed by atoms with van der Waals surface area (Å²) in [5.41, 5.74) is 6.37. The van der Waals surface area contributed by atoms with Gasteiger partial charge in [-0.05, 0) is 103 Å². The lowest BCUT2D eigenvalue weighted by atomic mass is 10.0. The topological polar surface area (TPSA) is 57.5 Å². The van der Waals surface area contributed by atoms with Gasteiger partial charge in [-0.15, -0.1) is 0 Å². The number of phenols is 1. The van der Waals surface area contributed by atoms with Crippen molar-refractivity contribution in [1.29, 1.82) is 0 Å². The molecule has 0 spiro atoms. The molecule has 1 rings (SSSR count). The number of aromatic carboxylic acids is 1. The molecule has 30 heavy (non-hydrogen) atoms. The molecule has 1 aromatic rings. The highest BCUT2D eigenvalue weighted by Crippen LogP contribution is 2.21. The summed E-state index contributed by atoms with van der Waals surface area (Å²) < 4.78 is 0. The summed E-state index contributed by atoms with van der Waals surface area (Å²) >= 11 is 0. The first-order valence-corrected chi connectivity index (χ1v) is 10.8. The van der Waals surface area contributed by atoms with Gasteiger partial charge in [-0.25, -0.2) is 4.79 Å². The van der Waals surface area contributed by atoms with Gasteiger partial charge in [0.15, 0.2) is 0 Å². The molecular weight excluding hydrogens is 373 g/mol. The number of hydrogen-bond acceptors (Lipinski definition) is 2. The molecule has 0 saturated carbocycles.